The average molecular weight is 684 g/mol. The van der Waals surface area contributed by atoms with E-state index in [0.29, 0.717) is 42.6 Å². The number of carboxylic acid groups (broad SMARTS) is 1. The van der Waals surface area contributed by atoms with E-state index in [0.717, 1.165) is 32.2 Å². The van der Waals surface area contributed by atoms with E-state index in [1.807, 2.05) is 14.1 Å². The van der Waals surface area contributed by atoms with Crippen molar-refractivity contribution in [3.8, 4) is 0 Å². The maximum absolute atomic E-state index is 13.1. The number of fused-ring (bicyclic) bond motifs is 7. The number of aliphatic carboxylic acids is 1. The lowest BCUT2D eigenvalue weighted by molar-refractivity contribution is -0.250. The fraction of sp³-hybridized carbons (Fsp3) is 0.881. The molecule has 0 aromatic heterocycles. The van der Waals surface area contributed by atoms with Crippen LogP contribution in [0.25, 0.3) is 0 Å². The fourth-order valence-electron chi connectivity index (χ4n) is 13.3. The third-order valence-electron chi connectivity index (χ3n) is 16.2. The lowest BCUT2D eigenvalue weighted by Crippen LogP contribution is -2.66. The number of carbonyl (C=O) groups excluding carboxylic acids is 2. The Labute approximate surface area is 297 Å². The van der Waals surface area contributed by atoms with Gasteiger partial charge in [-0.3, -0.25) is 14.4 Å². The minimum Gasteiger partial charge on any atom is -0.481 e. The Balaban J connectivity index is 1.36. The van der Waals surface area contributed by atoms with E-state index in [1.165, 1.54) is 50.5 Å². The van der Waals surface area contributed by atoms with Crippen LogP contribution in [0.15, 0.2) is 12.2 Å². The summed E-state index contributed by atoms with van der Waals surface area (Å²) in [5, 5.41) is 9.59. The largest absolute Gasteiger partial charge is 0.481 e. The van der Waals surface area contributed by atoms with Crippen LogP contribution in [0.4, 0.5) is 0 Å². The van der Waals surface area contributed by atoms with Gasteiger partial charge in [0.1, 0.15) is 12.7 Å². The van der Waals surface area contributed by atoms with Crippen molar-refractivity contribution in [2.45, 2.75) is 145 Å². The second-order valence-corrected chi connectivity index (χ2v) is 19.8. The van der Waals surface area contributed by atoms with Crippen LogP contribution >= 0.6 is 0 Å². The van der Waals surface area contributed by atoms with Gasteiger partial charge in [-0.25, -0.2) is 0 Å². The van der Waals surface area contributed by atoms with Gasteiger partial charge in [0.2, 0.25) is 0 Å². The number of carbonyl (C=O) groups is 3. The first-order valence-electron chi connectivity index (χ1n) is 19.5. The fourth-order valence-corrected chi connectivity index (χ4v) is 13.3. The first kappa shape index (κ1) is 38.3. The second-order valence-electron chi connectivity index (χ2n) is 19.8. The van der Waals surface area contributed by atoms with E-state index in [9.17, 15) is 19.5 Å². The quantitative estimate of drug-likeness (QED) is 0.172. The molecule has 0 heterocycles. The van der Waals surface area contributed by atoms with Crippen LogP contribution < -0.4 is 0 Å². The third kappa shape index (κ3) is 6.43. The van der Waals surface area contributed by atoms with Crippen LogP contribution in [0.5, 0.6) is 0 Å². The molecule has 0 amide bonds. The summed E-state index contributed by atoms with van der Waals surface area (Å²) in [6.45, 7) is 23.7. The van der Waals surface area contributed by atoms with Crippen molar-refractivity contribution >= 4 is 17.9 Å². The minimum absolute atomic E-state index is 0.0431. The molecule has 0 aromatic carbocycles. The highest BCUT2D eigenvalue weighted by atomic mass is 16.5. The number of esters is 2. The van der Waals surface area contributed by atoms with Crippen molar-refractivity contribution in [1.82, 2.24) is 4.90 Å². The van der Waals surface area contributed by atoms with Gasteiger partial charge in [-0.1, -0.05) is 46.8 Å². The summed E-state index contributed by atoms with van der Waals surface area (Å²) in [5.74, 6) is 1.36. The number of ether oxygens (including phenoxy) is 2. The molecule has 0 unspecified atom stereocenters. The molecule has 5 aliphatic carbocycles. The maximum Gasteiger partial charge on any atom is 0.309 e. The topological polar surface area (TPSA) is 93.1 Å². The Hall–Kier alpha value is -1.89. The van der Waals surface area contributed by atoms with Crippen LogP contribution in [-0.4, -0.2) is 61.3 Å². The van der Waals surface area contributed by atoms with E-state index in [1.54, 1.807) is 13.8 Å². The lowest BCUT2D eigenvalue weighted by Gasteiger charge is -2.73. The van der Waals surface area contributed by atoms with Crippen LogP contribution in [0.1, 0.15) is 139 Å². The zero-order valence-corrected chi connectivity index (χ0v) is 32.7. The molecule has 49 heavy (non-hydrogen) atoms. The van der Waals surface area contributed by atoms with Gasteiger partial charge in [0, 0.05) is 18.4 Å². The Morgan fingerprint density at radius 2 is 1.55 bits per heavy atom. The first-order valence-corrected chi connectivity index (χ1v) is 19.5. The van der Waals surface area contributed by atoms with Gasteiger partial charge in [-0.15, -0.1) is 0 Å². The molecule has 5 aliphatic rings. The molecule has 278 valence electrons. The Bertz CT molecular complexity index is 1300. The van der Waals surface area contributed by atoms with Crippen molar-refractivity contribution in [1.29, 1.82) is 0 Å². The van der Waals surface area contributed by atoms with Gasteiger partial charge < -0.3 is 19.5 Å². The summed E-state index contributed by atoms with van der Waals surface area (Å²) in [6.07, 6.45) is 12.6. The van der Waals surface area contributed by atoms with Crippen molar-refractivity contribution < 1.29 is 29.0 Å². The molecule has 5 fully saturated rings. The number of hydrogen-bond donors (Lipinski definition) is 1. The van der Waals surface area contributed by atoms with Crippen LogP contribution in [0.3, 0.4) is 0 Å². The lowest BCUT2D eigenvalue weighted by atomic mass is 9.32. The Morgan fingerprint density at radius 3 is 2.18 bits per heavy atom. The number of allylic oxidation sites excluding steroid dienone is 1. The molecule has 7 heteroatoms. The highest BCUT2D eigenvalue weighted by Gasteiger charge is 2.71. The van der Waals surface area contributed by atoms with E-state index >= 15 is 0 Å². The SMILES string of the molecule is C=C(C)[C@@H]1CC[C@]2(CCC(=O)OCCN(C)C)CC[C@]3(C)[C@H](CC[C@@H]4[C@@]5(C)CC[C@H](OC(=O)CC(C)(C)C(=O)O)C(C)(C)[C@@H]5CC[C@]43C)[C@@H]12. The molecule has 0 radical (unpaired) electrons. The smallest absolute Gasteiger partial charge is 0.309 e. The number of hydrogen-bond acceptors (Lipinski definition) is 6. The maximum atomic E-state index is 13.1. The molecule has 0 bridgehead atoms. The van der Waals surface area contributed by atoms with E-state index in [-0.39, 0.29) is 51.5 Å². The summed E-state index contributed by atoms with van der Waals surface area (Å²) in [5.41, 5.74) is 0.785. The molecule has 5 rings (SSSR count). The van der Waals surface area contributed by atoms with Gasteiger partial charge in [0.15, 0.2) is 0 Å². The van der Waals surface area contributed by atoms with Gasteiger partial charge in [0.25, 0.3) is 0 Å². The Morgan fingerprint density at radius 1 is 0.857 bits per heavy atom. The van der Waals surface area contributed by atoms with Gasteiger partial charge >= 0.3 is 17.9 Å². The number of nitrogens with zero attached hydrogens (tertiary/aromatic N) is 1. The number of rotatable bonds is 11. The summed E-state index contributed by atoms with van der Waals surface area (Å²) < 4.78 is 11.8. The molecule has 7 nitrogen and oxygen atoms in total. The molecule has 10 atom stereocenters. The molecule has 1 N–H and O–H groups in total. The van der Waals surface area contributed by atoms with Gasteiger partial charge in [-0.2, -0.15) is 0 Å². The highest BCUT2D eigenvalue weighted by molar-refractivity contribution is 5.81. The van der Waals surface area contributed by atoms with E-state index in [4.69, 9.17) is 9.47 Å². The summed E-state index contributed by atoms with van der Waals surface area (Å²) in [4.78, 5) is 39.8. The zero-order chi connectivity index (χ0) is 36.4. The van der Waals surface area contributed by atoms with Crippen molar-refractivity contribution in [2.24, 2.45) is 62.1 Å². The average Bonchev–Trinajstić information content (AvgIpc) is 3.38. The standard InChI is InChI=1S/C42H69NO6/c1-27(2)28-14-20-42(21-17-33(44)48-25-24-43(10)11)23-22-40(8)29(35(28)42)12-13-31-39(7)18-16-32(49-34(45)26-37(3,4)36(46)47)38(5,6)30(39)15-19-41(31,40)9/h28-32,35H,1,12-26H2,2-11H3,(H,46,47)/t28-,29+,30-,31+,32-,35+,39-,40+,41+,42-/m0/s1. The van der Waals surface area contributed by atoms with Crippen LogP contribution in [0, 0.1) is 62.1 Å². The number of likely N-dealkylation sites (N-methyl/N-ethyl adjacent to an activating group) is 1. The summed E-state index contributed by atoms with van der Waals surface area (Å²) in [7, 11) is 4.01. The molecular weight excluding hydrogens is 614 g/mol. The zero-order valence-electron chi connectivity index (χ0n) is 32.7. The minimum atomic E-state index is -1.14. The highest BCUT2D eigenvalue weighted by Crippen LogP contribution is 2.78. The monoisotopic (exact) mass is 684 g/mol. The Kier molecular flexibility index (Phi) is 10.4. The van der Waals surface area contributed by atoms with E-state index < -0.39 is 11.4 Å². The molecular formula is C42H69NO6. The van der Waals surface area contributed by atoms with E-state index in [2.05, 4.69) is 53.0 Å². The molecule has 0 aliphatic heterocycles. The van der Waals surface area contributed by atoms with Gasteiger partial charge in [-0.05, 0) is 157 Å². The first-order chi connectivity index (χ1) is 22.6. The summed E-state index contributed by atoms with van der Waals surface area (Å²) in [6, 6.07) is 0. The second kappa shape index (κ2) is 13.3. The van der Waals surface area contributed by atoms with Crippen LogP contribution in [-0.2, 0) is 23.9 Å². The predicted molar refractivity (Wildman–Crippen MR) is 194 cm³/mol. The van der Waals surface area contributed by atoms with Gasteiger partial charge in [0.05, 0.1) is 11.8 Å². The molecule has 0 aromatic rings. The predicted octanol–water partition coefficient (Wildman–Crippen LogP) is 8.94. The van der Waals surface area contributed by atoms with Crippen LogP contribution in [0.2, 0.25) is 0 Å². The molecule has 5 saturated carbocycles. The third-order valence-corrected chi connectivity index (χ3v) is 16.2. The normalized spacial score (nSPS) is 41.1. The van der Waals surface area contributed by atoms with Crippen molar-refractivity contribution in [3.63, 3.8) is 0 Å². The molecule has 0 saturated heterocycles. The number of carboxylic acids is 1. The summed E-state index contributed by atoms with van der Waals surface area (Å²) >= 11 is 0. The van der Waals surface area contributed by atoms with Crippen molar-refractivity contribution in [2.75, 3.05) is 27.2 Å². The van der Waals surface area contributed by atoms with Crippen molar-refractivity contribution in [3.05, 3.63) is 12.2 Å². The molecule has 0 spiro atoms.